The molecule has 0 radical (unpaired) electrons. The molecule has 2 nitrogen and oxygen atoms in total. The monoisotopic (exact) mass is 512 g/mol. The molecule has 0 saturated carbocycles. The molecule has 0 spiro atoms. The number of fused-ring (bicyclic) bond motifs is 7. The fourth-order valence-electron chi connectivity index (χ4n) is 7.09. The average molecular weight is 513 g/mol. The number of hydrogen-bond donors (Lipinski definition) is 1. The first kappa shape index (κ1) is 23.0. The van der Waals surface area contributed by atoms with Crippen molar-refractivity contribution in [3.8, 4) is 16.8 Å². The van der Waals surface area contributed by atoms with Gasteiger partial charge in [0.05, 0.1) is 16.4 Å². The van der Waals surface area contributed by atoms with Crippen molar-refractivity contribution >= 4 is 21.8 Å². The van der Waals surface area contributed by atoms with Crippen molar-refractivity contribution in [2.75, 3.05) is 0 Å². The topological polar surface area (TPSA) is 30.9 Å². The Bertz CT molecular complexity index is 1990. The second kappa shape index (κ2) is 8.81. The highest BCUT2D eigenvalue weighted by atomic mass is 15.0. The van der Waals surface area contributed by atoms with Crippen LogP contribution < -0.4 is 5.73 Å². The third-order valence-electron chi connectivity index (χ3n) is 8.66. The van der Waals surface area contributed by atoms with E-state index in [2.05, 4.69) is 150 Å². The van der Waals surface area contributed by atoms with E-state index in [-0.39, 0.29) is 0 Å². The maximum Gasteiger partial charge on any atom is 0.0713 e. The molecule has 0 atom stereocenters. The number of nitrogens with zero attached hydrogens (tertiary/aromatic N) is 1. The fraction of sp³-hybridized carbons (Fsp3) is 0.0526. The summed E-state index contributed by atoms with van der Waals surface area (Å²) in [6.07, 6.45) is 0. The van der Waals surface area contributed by atoms with E-state index < -0.39 is 5.41 Å². The van der Waals surface area contributed by atoms with Crippen LogP contribution in [0.4, 0.5) is 0 Å². The summed E-state index contributed by atoms with van der Waals surface area (Å²) in [7, 11) is 0. The Kier molecular flexibility index (Phi) is 5.07. The molecule has 1 aromatic heterocycles. The molecular formula is C38H28N2. The summed E-state index contributed by atoms with van der Waals surface area (Å²) in [5, 5.41) is 2.56. The van der Waals surface area contributed by atoms with Crippen LogP contribution >= 0.6 is 0 Å². The standard InChI is InChI=1S/C38H28N2/c39-25-26-12-11-17-29(24-26)40-34-21-10-8-19-31(34)37-35(40)23-22-33-36(37)30-18-7-9-20-32(30)38(33,27-13-3-1-4-14-27)28-15-5-2-6-16-28/h1-24H,25,39H2. The lowest BCUT2D eigenvalue weighted by molar-refractivity contribution is 0.769. The van der Waals surface area contributed by atoms with Crippen molar-refractivity contribution in [3.05, 3.63) is 173 Å². The third-order valence-corrected chi connectivity index (χ3v) is 8.66. The minimum atomic E-state index is -0.411. The number of benzene rings is 6. The SMILES string of the molecule is NCc1cccc(-n2c3ccccc3c3c4c(ccc32)C(c2ccccc2)(c2ccccc2)c2ccccc2-4)c1. The van der Waals surface area contributed by atoms with E-state index in [0.29, 0.717) is 6.54 Å². The van der Waals surface area contributed by atoms with Gasteiger partial charge in [0, 0.05) is 23.0 Å². The predicted octanol–water partition coefficient (Wildman–Crippen LogP) is 8.61. The van der Waals surface area contributed by atoms with Crippen molar-refractivity contribution in [1.82, 2.24) is 4.57 Å². The lowest BCUT2D eigenvalue weighted by Gasteiger charge is -2.33. The predicted molar refractivity (Wildman–Crippen MR) is 166 cm³/mol. The zero-order valence-electron chi connectivity index (χ0n) is 22.1. The van der Waals surface area contributed by atoms with E-state index in [4.69, 9.17) is 5.73 Å². The summed E-state index contributed by atoms with van der Waals surface area (Å²) in [5.41, 5.74) is 18.2. The number of rotatable bonds is 4. The average Bonchev–Trinajstić information content (AvgIpc) is 3.53. The van der Waals surface area contributed by atoms with Crippen LogP contribution in [0.1, 0.15) is 27.8 Å². The molecule has 8 rings (SSSR count). The summed E-state index contributed by atoms with van der Waals surface area (Å²) >= 11 is 0. The van der Waals surface area contributed by atoms with Crippen molar-refractivity contribution in [2.45, 2.75) is 12.0 Å². The Balaban J connectivity index is 1.57. The third kappa shape index (κ3) is 3.03. The highest BCUT2D eigenvalue weighted by Gasteiger charge is 2.46. The Hall–Kier alpha value is -4.92. The first-order valence-corrected chi connectivity index (χ1v) is 13.9. The summed E-state index contributed by atoms with van der Waals surface area (Å²) in [6.45, 7) is 0.518. The van der Waals surface area contributed by atoms with Gasteiger partial charge in [-0.1, -0.05) is 121 Å². The van der Waals surface area contributed by atoms with E-state index >= 15 is 0 Å². The molecule has 0 unspecified atom stereocenters. The van der Waals surface area contributed by atoms with E-state index in [1.807, 2.05) is 0 Å². The lowest BCUT2D eigenvalue weighted by Crippen LogP contribution is -2.28. The smallest absolute Gasteiger partial charge is 0.0713 e. The molecule has 2 heteroatoms. The summed E-state index contributed by atoms with van der Waals surface area (Å²) < 4.78 is 2.40. The maximum atomic E-state index is 6.06. The van der Waals surface area contributed by atoms with Gasteiger partial charge in [0.1, 0.15) is 0 Å². The molecule has 2 N–H and O–H groups in total. The Morgan fingerprint density at radius 1 is 0.550 bits per heavy atom. The molecular weight excluding hydrogens is 484 g/mol. The molecule has 7 aromatic rings. The molecule has 0 bridgehead atoms. The van der Waals surface area contributed by atoms with Crippen molar-refractivity contribution < 1.29 is 0 Å². The minimum Gasteiger partial charge on any atom is -0.326 e. The molecule has 6 aromatic carbocycles. The number of hydrogen-bond acceptors (Lipinski definition) is 1. The summed E-state index contributed by atoms with van der Waals surface area (Å²) in [5.74, 6) is 0. The van der Waals surface area contributed by atoms with Crippen molar-refractivity contribution in [2.24, 2.45) is 5.73 Å². The summed E-state index contributed by atoms with van der Waals surface area (Å²) in [4.78, 5) is 0. The zero-order valence-corrected chi connectivity index (χ0v) is 22.1. The number of aromatic nitrogens is 1. The Labute approximate surface area is 234 Å². The van der Waals surface area contributed by atoms with Crippen LogP contribution in [0.2, 0.25) is 0 Å². The van der Waals surface area contributed by atoms with E-state index in [1.54, 1.807) is 0 Å². The van der Waals surface area contributed by atoms with Gasteiger partial charge in [0.25, 0.3) is 0 Å². The molecule has 0 fully saturated rings. The van der Waals surface area contributed by atoms with Gasteiger partial charge < -0.3 is 10.3 Å². The highest BCUT2D eigenvalue weighted by molar-refractivity contribution is 6.18. The number of nitrogens with two attached hydrogens (primary N) is 1. The van der Waals surface area contributed by atoms with E-state index in [0.717, 1.165) is 11.3 Å². The van der Waals surface area contributed by atoms with Crippen LogP contribution in [0.5, 0.6) is 0 Å². The van der Waals surface area contributed by atoms with Gasteiger partial charge in [-0.2, -0.15) is 0 Å². The number of para-hydroxylation sites is 1. The molecule has 0 aliphatic heterocycles. The Morgan fingerprint density at radius 2 is 1.23 bits per heavy atom. The van der Waals surface area contributed by atoms with Crippen LogP contribution in [-0.4, -0.2) is 4.57 Å². The van der Waals surface area contributed by atoms with Gasteiger partial charge >= 0.3 is 0 Å². The van der Waals surface area contributed by atoms with Gasteiger partial charge in [-0.25, -0.2) is 0 Å². The Morgan fingerprint density at radius 3 is 1.98 bits per heavy atom. The van der Waals surface area contributed by atoms with Gasteiger partial charge in [0.2, 0.25) is 0 Å². The van der Waals surface area contributed by atoms with Crippen LogP contribution in [0.3, 0.4) is 0 Å². The van der Waals surface area contributed by atoms with Gasteiger partial charge in [-0.15, -0.1) is 0 Å². The van der Waals surface area contributed by atoms with Crippen LogP contribution in [0, 0.1) is 0 Å². The van der Waals surface area contributed by atoms with Crippen molar-refractivity contribution in [1.29, 1.82) is 0 Å². The molecule has 0 amide bonds. The normalized spacial score (nSPS) is 13.4. The summed E-state index contributed by atoms with van der Waals surface area (Å²) in [6, 6.07) is 53.1. The van der Waals surface area contributed by atoms with Gasteiger partial charge in [-0.05, 0) is 63.2 Å². The van der Waals surface area contributed by atoms with E-state index in [1.165, 1.54) is 55.2 Å². The first-order chi connectivity index (χ1) is 19.8. The van der Waals surface area contributed by atoms with Gasteiger partial charge in [-0.3, -0.25) is 0 Å². The first-order valence-electron chi connectivity index (χ1n) is 13.9. The van der Waals surface area contributed by atoms with Crippen molar-refractivity contribution in [3.63, 3.8) is 0 Å². The van der Waals surface area contributed by atoms with Gasteiger partial charge in [0.15, 0.2) is 0 Å². The molecule has 1 aliphatic carbocycles. The minimum absolute atomic E-state index is 0.411. The van der Waals surface area contributed by atoms with Crippen LogP contribution in [-0.2, 0) is 12.0 Å². The second-order valence-electron chi connectivity index (χ2n) is 10.6. The zero-order chi connectivity index (χ0) is 26.7. The van der Waals surface area contributed by atoms with Crippen LogP contribution in [0.25, 0.3) is 38.6 Å². The van der Waals surface area contributed by atoms with E-state index in [9.17, 15) is 0 Å². The second-order valence-corrected chi connectivity index (χ2v) is 10.6. The maximum absolute atomic E-state index is 6.06. The fourth-order valence-corrected chi connectivity index (χ4v) is 7.09. The molecule has 0 saturated heterocycles. The molecule has 40 heavy (non-hydrogen) atoms. The largest absolute Gasteiger partial charge is 0.326 e. The van der Waals surface area contributed by atoms with Crippen LogP contribution in [0.15, 0.2) is 146 Å². The lowest BCUT2D eigenvalue weighted by atomic mass is 9.67. The quantitative estimate of drug-likeness (QED) is 0.251. The molecule has 190 valence electrons. The highest BCUT2D eigenvalue weighted by Crippen LogP contribution is 2.58. The molecule has 1 heterocycles. The molecule has 1 aliphatic rings.